The first-order valence-electron chi connectivity index (χ1n) is 8.04. The van der Waals surface area contributed by atoms with Gasteiger partial charge in [-0.2, -0.15) is 0 Å². The Labute approximate surface area is 150 Å². The van der Waals surface area contributed by atoms with E-state index in [1.807, 2.05) is 18.2 Å². The van der Waals surface area contributed by atoms with Crippen LogP contribution in [0.4, 0.5) is 4.39 Å². The monoisotopic (exact) mass is 364 g/mol. The van der Waals surface area contributed by atoms with Crippen molar-refractivity contribution < 1.29 is 23.8 Å². The number of carboxylic acid groups (broad SMARTS) is 1. The highest BCUT2D eigenvalue weighted by molar-refractivity contribution is 6.31. The number of hydrogen-bond donors (Lipinski definition) is 1. The van der Waals surface area contributed by atoms with Crippen LogP contribution in [-0.4, -0.2) is 23.8 Å². The van der Waals surface area contributed by atoms with Crippen molar-refractivity contribution in [2.24, 2.45) is 0 Å². The van der Waals surface area contributed by atoms with Crippen LogP contribution in [0.3, 0.4) is 0 Å². The zero-order chi connectivity index (χ0) is 17.8. The van der Waals surface area contributed by atoms with Crippen LogP contribution in [0.15, 0.2) is 36.4 Å². The summed E-state index contributed by atoms with van der Waals surface area (Å²) < 4.78 is 24.8. The van der Waals surface area contributed by atoms with Gasteiger partial charge in [-0.15, -0.1) is 0 Å². The van der Waals surface area contributed by atoms with Gasteiger partial charge in [0.05, 0.1) is 11.1 Å². The number of carboxylic acids is 1. The van der Waals surface area contributed by atoms with Gasteiger partial charge in [0, 0.05) is 5.56 Å². The van der Waals surface area contributed by atoms with Crippen LogP contribution in [0.1, 0.15) is 23.1 Å². The summed E-state index contributed by atoms with van der Waals surface area (Å²) in [7, 11) is 0. The van der Waals surface area contributed by atoms with Gasteiger partial charge in [-0.25, -0.2) is 9.18 Å². The summed E-state index contributed by atoms with van der Waals surface area (Å²) in [5.41, 5.74) is 2.61. The fourth-order valence-corrected chi connectivity index (χ4v) is 3.16. The van der Waals surface area contributed by atoms with Crippen molar-refractivity contribution in [1.29, 1.82) is 0 Å². The van der Waals surface area contributed by atoms with Gasteiger partial charge in [0.25, 0.3) is 0 Å². The molecule has 0 radical (unpaired) electrons. The van der Waals surface area contributed by atoms with Crippen molar-refractivity contribution >= 4 is 17.6 Å². The van der Waals surface area contributed by atoms with Crippen molar-refractivity contribution in [3.63, 3.8) is 0 Å². The number of carbonyl (C=O) groups is 1. The summed E-state index contributed by atoms with van der Waals surface area (Å²) in [6, 6.07) is 10.3. The number of fused-ring (bicyclic) bond motifs is 1. The molecule has 1 aliphatic carbocycles. The Balaban J connectivity index is 1.63. The Morgan fingerprint density at radius 1 is 1.28 bits per heavy atom. The number of rotatable bonds is 6. The molecular weight excluding hydrogens is 347 g/mol. The van der Waals surface area contributed by atoms with E-state index in [-0.39, 0.29) is 25.1 Å². The molecule has 25 heavy (non-hydrogen) atoms. The van der Waals surface area contributed by atoms with Crippen LogP contribution in [0.5, 0.6) is 5.75 Å². The van der Waals surface area contributed by atoms with Gasteiger partial charge >= 0.3 is 5.97 Å². The summed E-state index contributed by atoms with van der Waals surface area (Å²) in [4.78, 5) is 10.6. The van der Waals surface area contributed by atoms with Crippen molar-refractivity contribution in [2.45, 2.75) is 32.0 Å². The summed E-state index contributed by atoms with van der Waals surface area (Å²) in [6.07, 6.45) is 2.16. The highest BCUT2D eigenvalue weighted by Crippen LogP contribution is 2.28. The fourth-order valence-electron chi connectivity index (χ4n) is 2.94. The summed E-state index contributed by atoms with van der Waals surface area (Å²) in [6.45, 7) is -0.209. The van der Waals surface area contributed by atoms with Crippen molar-refractivity contribution in [2.75, 3.05) is 6.61 Å². The molecule has 0 amide bonds. The smallest absolute Gasteiger partial charge is 0.329 e. The molecule has 1 N–H and O–H groups in total. The van der Waals surface area contributed by atoms with Gasteiger partial charge in [0.2, 0.25) is 0 Å². The zero-order valence-corrected chi connectivity index (χ0v) is 14.3. The second-order valence-corrected chi connectivity index (χ2v) is 6.40. The number of aliphatic carboxylic acids is 1. The van der Waals surface area contributed by atoms with Gasteiger partial charge in [-0.1, -0.05) is 23.7 Å². The first kappa shape index (κ1) is 17.7. The minimum atomic E-state index is -0.957. The summed E-state index contributed by atoms with van der Waals surface area (Å²) in [5, 5.41) is 9.03. The molecular formula is C19H18ClFO4. The molecule has 0 spiro atoms. The molecule has 3 rings (SSSR count). The molecule has 0 fully saturated rings. The Morgan fingerprint density at radius 2 is 2.12 bits per heavy atom. The van der Waals surface area contributed by atoms with Gasteiger partial charge in [-0.05, 0) is 54.7 Å². The molecule has 0 saturated carbocycles. The van der Waals surface area contributed by atoms with E-state index >= 15 is 0 Å². The van der Waals surface area contributed by atoms with Crippen molar-refractivity contribution in [3.05, 3.63) is 63.9 Å². The summed E-state index contributed by atoms with van der Waals surface area (Å²) >= 11 is 6.00. The third-order valence-corrected chi connectivity index (χ3v) is 4.60. The average molecular weight is 365 g/mol. The van der Waals surface area contributed by atoms with E-state index < -0.39 is 5.97 Å². The van der Waals surface area contributed by atoms with Gasteiger partial charge in [-0.3, -0.25) is 0 Å². The SMILES string of the molecule is O=C(O)COC1CCc2cc(OCc3c(F)cccc3Cl)ccc2C1. The minimum Gasteiger partial charge on any atom is -0.489 e. The average Bonchev–Trinajstić information content (AvgIpc) is 2.59. The Hall–Kier alpha value is -2.11. The fraction of sp³-hybridized carbons (Fsp3) is 0.316. The molecule has 0 aromatic heterocycles. The lowest BCUT2D eigenvalue weighted by Gasteiger charge is -2.24. The molecule has 132 valence electrons. The van der Waals surface area contributed by atoms with Gasteiger partial charge < -0.3 is 14.6 Å². The van der Waals surface area contributed by atoms with E-state index in [4.69, 9.17) is 26.2 Å². The molecule has 0 aliphatic heterocycles. The van der Waals surface area contributed by atoms with Crippen LogP contribution in [0, 0.1) is 5.82 Å². The first-order chi connectivity index (χ1) is 12.0. The summed E-state index contributed by atoms with van der Waals surface area (Å²) in [5.74, 6) is -0.687. The Bertz CT molecular complexity index is 758. The maximum Gasteiger partial charge on any atom is 0.329 e. The number of aryl methyl sites for hydroxylation is 1. The highest BCUT2D eigenvalue weighted by Gasteiger charge is 2.20. The van der Waals surface area contributed by atoms with Crippen LogP contribution in [0.25, 0.3) is 0 Å². The Kier molecular flexibility index (Phi) is 5.56. The van der Waals surface area contributed by atoms with E-state index in [0.29, 0.717) is 22.8 Å². The molecule has 0 saturated heterocycles. The van der Waals surface area contributed by atoms with Crippen LogP contribution < -0.4 is 4.74 Å². The molecule has 0 heterocycles. The maximum atomic E-state index is 13.8. The second kappa shape index (κ2) is 7.85. The maximum absolute atomic E-state index is 13.8. The van der Waals surface area contributed by atoms with E-state index in [1.54, 1.807) is 12.1 Å². The van der Waals surface area contributed by atoms with Gasteiger partial charge in [0.15, 0.2) is 0 Å². The molecule has 4 nitrogen and oxygen atoms in total. The number of halogens is 2. The standard InChI is InChI=1S/C19H18ClFO4/c20-17-2-1-3-18(21)16(17)10-24-14-6-4-13-9-15(25-11-19(22)23)7-5-12(13)8-14/h1-4,6,8,15H,5,7,9-11H2,(H,22,23). The third-order valence-electron chi connectivity index (χ3n) is 4.25. The Morgan fingerprint density at radius 3 is 2.88 bits per heavy atom. The zero-order valence-electron chi connectivity index (χ0n) is 13.5. The van der Waals surface area contributed by atoms with E-state index in [2.05, 4.69) is 0 Å². The largest absolute Gasteiger partial charge is 0.489 e. The second-order valence-electron chi connectivity index (χ2n) is 5.99. The lowest BCUT2D eigenvalue weighted by atomic mass is 9.89. The predicted molar refractivity (Wildman–Crippen MR) is 91.6 cm³/mol. The predicted octanol–water partition coefficient (Wildman–Crippen LogP) is 4.02. The van der Waals surface area contributed by atoms with Gasteiger partial charge in [0.1, 0.15) is 24.8 Å². The minimum absolute atomic E-state index is 0.0641. The molecule has 2 aromatic rings. The quantitative estimate of drug-likeness (QED) is 0.841. The van der Waals surface area contributed by atoms with Crippen LogP contribution >= 0.6 is 11.6 Å². The van der Waals surface area contributed by atoms with Crippen molar-refractivity contribution in [3.8, 4) is 5.75 Å². The number of hydrogen-bond acceptors (Lipinski definition) is 3. The normalized spacial score (nSPS) is 16.3. The van der Waals surface area contributed by atoms with Crippen LogP contribution in [0.2, 0.25) is 5.02 Å². The van der Waals surface area contributed by atoms with E-state index in [9.17, 15) is 9.18 Å². The molecule has 1 aliphatic rings. The lowest BCUT2D eigenvalue weighted by Crippen LogP contribution is -2.25. The molecule has 2 aromatic carbocycles. The highest BCUT2D eigenvalue weighted by atomic mass is 35.5. The molecule has 6 heteroatoms. The van der Waals surface area contributed by atoms with Crippen LogP contribution in [-0.2, 0) is 29.0 Å². The molecule has 1 atom stereocenters. The van der Waals surface area contributed by atoms with Crippen molar-refractivity contribution in [1.82, 2.24) is 0 Å². The third kappa shape index (κ3) is 4.50. The molecule has 1 unspecified atom stereocenters. The molecule has 0 bridgehead atoms. The lowest BCUT2D eigenvalue weighted by molar-refractivity contribution is -0.144. The van der Waals surface area contributed by atoms with E-state index in [1.165, 1.54) is 6.07 Å². The topological polar surface area (TPSA) is 55.8 Å². The first-order valence-corrected chi connectivity index (χ1v) is 8.41. The number of benzene rings is 2. The number of ether oxygens (including phenoxy) is 2. The van der Waals surface area contributed by atoms with E-state index in [0.717, 1.165) is 24.0 Å².